The van der Waals surface area contributed by atoms with Crippen LogP contribution < -0.4 is 0 Å². The van der Waals surface area contributed by atoms with Gasteiger partial charge in [-0.2, -0.15) is 13.2 Å². The summed E-state index contributed by atoms with van der Waals surface area (Å²) in [4.78, 5) is 12.1. The summed E-state index contributed by atoms with van der Waals surface area (Å²) in [6.07, 6.45) is -3.50. The molecule has 0 aromatic heterocycles. The minimum absolute atomic E-state index is 0.144. The molecule has 0 radical (unpaired) electrons. The summed E-state index contributed by atoms with van der Waals surface area (Å²) < 4.78 is 37.5. The molecule has 2 aromatic carbocycles. The number of carbonyl (C=O) groups is 1. The van der Waals surface area contributed by atoms with Crippen LogP contribution in [-0.4, -0.2) is 5.78 Å². The maximum atomic E-state index is 12.5. The average Bonchev–Trinajstić information content (AvgIpc) is 2.47. The number of halogens is 3. The van der Waals surface area contributed by atoms with E-state index in [1.807, 2.05) is 32.0 Å². The van der Waals surface area contributed by atoms with Crippen molar-refractivity contribution in [3.8, 4) is 0 Å². The largest absolute Gasteiger partial charge is 0.416 e. The van der Waals surface area contributed by atoms with Crippen LogP contribution in [0.15, 0.2) is 42.5 Å². The van der Waals surface area contributed by atoms with Crippen molar-refractivity contribution in [2.75, 3.05) is 0 Å². The van der Waals surface area contributed by atoms with E-state index in [9.17, 15) is 18.0 Å². The van der Waals surface area contributed by atoms with Gasteiger partial charge in [-0.1, -0.05) is 35.9 Å². The Morgan fingerprint density at radius 1 is 1.00 bits per heavy atom. The third-order valence-electron chi connectivity index (χ3n) is 3.66. The predicted octanol–water partition coefficient (Wildman–Crippen LogP) is 5.14. The SMILES string of the molecule is Cc1ccc(C)c(CCC(=O)c2ccc(C(F)(F)F)cc2)c1. The molecule has 0 unspecified atom stereocenters. The highest BCUT2D eigenvalue weighted by atomic mass is 19.4. The van der Waals surface area contributed by atoms with Crippen LogP contribution in [0, 0.1) is 13.8 Å². The van der Waals surface area contributed by atoms with Gasteiger partial charge in [0.15, 0.2) is 5.78 Å². The first-order chi connectivity index (χ1) is 10.3. The van der Waals surface area contributed by atoms with E-state index in [0.29, 0.717) is 12.0 Å². The number of alkyl halides is 3. The van der Waals surface area contributed by atoms with Gasteiger partial charge in [0.1, 0.15) is 0 Å². The van der Waals surface area contributed by atoms with Crippen LogP contribution in [0.4, 0.5) is 13.2 Å². The molecule has 0 aliphatic rings. The topological polar surface area (TPSA) is 17.1 Å². The van der Waals surface area contributed by atoms with E-state index >= 15 is 0 Å². The lowest BCUT2D eigenvalue weighted by molar-refractivity contribution is -0.137. The quantitative estimate of drug-likeness (QED) is 0.715. The Hall–Kier alpha value is -2.10. The molecule has 0 heterocycles. The first-order valence-corrected chi connectivity index (χ1v) is 7.04. The number of ketones is 1. The fraction of sp³-hybridized carbons (Fsp3) is 0.278. The summed E-state index contributed by atoms with van der Waals surface area (Å²) >= 11 is 0. The van der Waals surface area contributed by atoms with Crippen LogP contribution in [-0.2, 0) is 12.6 Å². The van der Waals surface area contributed by atoms with Crippen LogP contribution in [0.3, 0.4) is 0 Å². The molecule has 0 amide bonds. The fourth-order valence-corrected chi connectivity index (χ4v) is 2.31. The maximum absolute atomic E-state index is 12.5. The molecule has 116 valence electrons. The zero-order valence-electron chi connectivity index (χ0n) is 12.5. The van der Waals surface area contributed by atoms with Crippen LogP contribution >= 0.6 is 0 Å². The molecule has 0 aliphatic carbocycles. The summed E-state index contributed by atoms with van der Waals surface area (Å²) in [7, 11) is 0. The number of hydrogen-bond acceptors (Lipinski definition) is 1. The van der Waals surface area contributed by atoms with Gasteiger partial charge in [-0.05, 0) is 43.5 Å². The smallest absolute Gasteiger partial charge is 0.294 e. The molecule has 0 fully saturated rings. The van der Waals surface area contributed by atoms with E-state index < -0.39 is 11.7 Å². The Balaban J connectivity index is 2.05. The normalized spacial score (nSPS) is 11.5. The Kier molecular flexibility index (Phi) is 4.69. The highest BCUT2D eigenvalue weighted by molar-refractivity contribution is 5.96. The van der Waals surface area contributed by atoms with Crippen LogP contribution in [0.25, 0.3) is 0 Å². The summed E-state index contributed by atoms with van der Waals surface area (Å²) in [5.74, 6) is -0.144. The third-order valence-corrected chi connectivity index (χ3v) is 3.66. The Morgan fingerprint density at radius 2 is 1.64 bits per heavy atom. The predicted molar refractivity (Wildman–Crippen MR) is 80.0 cm³/mol. The second-order valence-electron chi connectivity index (χ2n) is 5.43. The Bertz CT molecular complexity index is 670. The number of hydrogen-bond donors (Lipinski definition) is 0. The second kappa shape index (κ2) is 6.34. The van der Waals surface area contributed by atoms with Gasteiger partial charge in [0.05, 0.1) is 5.56 Å². The van der Waals surface area contributed by atoms with Crippen molar-refractivity contribution in [2.24, 2.45) is 0 Å². The maximum Gasteiger partial charge on any atom is 0.416 e. The number of carbonyl (C=O) groups excluding carboxylic acids is 1. The van der Waals surface area contributed by atoms with Gasteiger partial charge in [0, 0.05) is 12.0 Å². The molecule has 0 bridgehead atoms. The zero-order valence-corrected chi connectivity index (χ0v) is 12.5. The minimum atomic E-state index is -4.37. The lowest BCUT2D eigenvalue weighted by atomic mass is 9.98. The van der Waals surface area contributed by atoms with Gasteiger partial charge in [-0.25, -0.2) is 0 Å². The van der Waals surface area contributed by atoms with Gasteiger partial charge < -0.3 is 0 Å². The molecule has 22 heavy (non-hydrogen) atoms. The van der Waals surface area contributed by atoms with Crippen molar-refractivity contribution in [3.63, 3.8) is 0 Å². The lowest BCUT2D eigenvalue weighted by Gasteiger charge is -2.08. The summed E-state index contributed by atoms with van der Waals surface area (Å²) in [5, 5.41) is 0. The first-order valence-electron chi connectivity index (χ1n) is 7.04. The minimum Gasteiger partial charge on any atom is -0.294 e. The van der Waals surface area contributed by atoms with Crippen LogP contribution in [0.5, 0.6) is 0 Å². The molecule has 4 heteroatoms. The molecule has 0 atom stereocenters. The summed E-state index contributed by atoms with van der Waals surface area (Å²) in [6, 6.07) is 10.4. The monoisotopic (exact) mass is 306 g/mol. The molecular weight excluding hydrogens is 289 g/mol. The van der Waals surface area contributed by atoms with E-state index in [1.165, 1.54) is 12.1 Å². The van der Waals surface area contributed by atoms with Crippen molar-refractivity contribution < 1.29 is 18.0 Å². The highest BCUT2D eigenvalue weighted by Gasteiger charge is 2.30. The Labute approximate surface area is 127 Å². The molecule has 1 nitrogen and oxygen atoms in total. The van der Waals surface area contributed by atoms with E-state index in [0.717, 1.165) is 28.8 Å². The van der Waals surface area contributed by atoms with Crippen molar-refractivity contribution in [1.82, 2.24) is 0 Å². The van der Waals surface area contributed by atoms with Crippen molar-refractivity contribution in [1.29, 1.82) is 0 Å². The van der Waals surface area contributed by atoms with E-state index in [-0.39, 0.29) is 12.2 Å². The van der Waals surface area contributed by atoms with Crippen molar-refractivity contribution in [2.45, 2.75) is 32.9 Å². The average molecular weight is 306 g/mol. The number of benzene rings is 2. The summed E-state index contributed by atoms with van der Waals surface area (Å²) in [6.45, 7) is 3.97. The van der Waals surface area contributed by atoms with Gasteiger partial charge in [0.25, 0.3) is 0 Å². The Morgan fingerprint density at radius 3 is 2.23 bits per heavy atom. The number of aryl methyl sites for hydroxylation is 3. The van der Waals surface area contributed by atoms with Crippen LogP contribution in [0.1, 0.15) is 39.0 Å². The molecule has 0 aliphatic heterocycles. The molecule has 0 N–H and O–H groups in total. The number of rotatable bonds is 4. The zero-order chi connectivity index (χ0) is 16.3. The molecule has 2 rings (SSSR count). The molecule has 0 spiro atoms. The van der Waals surface area contributed by atoms with E-state index in [1.54, 1.807) is 0 Å². The van der Waals surface area contributed by atoms with Gasteiger partial charge >= 0.3 is 6.18 Å². The number of Topliss-reactive ketones (excluding diaryl/α,β-unsaturated/α-hetero) is 1. The lowest BCUT2D eigenvalue weighted by Crippen LogP contribution is -2.06. The molecule has 2 aromatic rings. The third kappa shape index (κ3) is 3.97. The first kappa shape index (κ1) is 16.3. The van der Waals surface area contributed by atoms with Gasteiger partial charge in [0.2, 0.25) is 0 Å². The fourth-order valence-electron chi connectivity index (χ4n) is 2.31. The van der Waals surface area contributed by atoms with Crippen LogP contribution in [0.2, 0.25) is 0 Å². The molecule has 0 saturated carbocycles. The van der Waals surface area contributed by atoms with Crippen molar-refractivity contribution >= 4 is 5.78 Å². The van der Waals surface area contributed by atoms with Gasteiger partial charge in [-0.15, -0.1) is 0 Å². The second-order valence-corrected chi connectivity index (χ2v) is 5.43. The molecule has 0 saturated heterocycles. The van der Waals surface area contributed by atoms with E-state index in [2.05, 4.69) is 0 Å². The molecular formula is C18H17F3O. The standard InChI is InChI=1S/C18H17F3O/c1-12-3-4-13(2)15(11-12)7-10-17(22)14-5-8-16(9-6-14)18(19,20)21/h3-6,8-9,11H,7,10H2,1-2H3. The summed E-state index contributed by atoms with van der Waals surface area (Å²) in [5.41, 5.74) is 2.92. The highest BCUT2D eigenvalue weighted by Crippen LogP contribution is 2.29. The van der Waals surface area contributed by atoms with E-state index in [4.69, 9.17) is 0 Å². The van der Waals surface area contributed by atoms with Crippen molar-refractivity contribution in [3.05, 3.63) is 70.3 Å². The van der Waals surface area contributed by atoms with Gasteiger partial charge in [-0.3, -0.25) is 4.79 Å².